The van der Waals surface area contributed by atoms with Crippen LogP contribution in [0.15, 0.2) is 0 Å². The second-order valence-corrected chi connectivity index (χ2v) is 3.34. The summed E-state index contributed by atoms with van der Waals surface area (Å²) in [4.78, 5) is 10.9. The highest BCUT2D eigenvalue weighted by atomic mass is 16.5. The van der Waals surface area contributed by atoms with Gasteiger partial charge in [0.2, 0.25) is 0 Å². The van der Waals surface area contributed by atoms with Crippen molar-refractivity contribution < 1.29 is 9.53 Å². The van der Waals surface area contributed by atoms with E-state index in [4.69, 9.17) is 10.5 Å². The second-order valence-electron chi connectivity index (χ2n) is 3.34. The second kappa shape index (κ2) is 4.45. The lowest BCUT2D eigenvalue weighted by atomic mass is 10.1. The third-order valence-electron chi connectivity index (χ3n) is 2.21. The standard InChI is InChI=1S/C9H17NO2/c1-2-12-9(11)6-5-8(10)7-3-4-7/h7-8H,2-6,10H2,1H3. The minimum atomic E-state index is -0.117. The summed E-state index contributed by atoms with van der Waals surface area (Å²) in [5.41, 5.74) is 5.82. The van der Waals surface area contributed by atoms with Crippen LogP contribution >= 0.6 is 0 Å². The summed E-state index contributed by atoms with van der Waals surface area (Å²) in [5.74, 6) is 0.563. The van der Waals surface area contributed by atoms with Crippen molar-refractivity contribution in [2.24, 2.45) is 11.7 Å². The summed E-state index contributed by atoms with van der Waals surface area (Å²) < 4.78 is 4.80. The lowest BCUT2D eigenvalue weighted by Gasteiger charge is -2.08. The van der Waals surface area contributed by atoms with Crippen LogP contribution in [-0.2, 0) is 9.53 Å². The maximum Gasteiger partial charge on any atom is 0.305 e. The number of hydrogen-bond donors (Lipinski definition) is 1. The van der Waals surface area contributed by atoms with E-state index in [1.54, 1.807) is 0 Å². The van der Waals surface area contributed by atoms with Crippen molar-refractivity contribution >= 4 is 5.97 Å². The fourth-order valence-electron chi connectivity index (χ4n) is 1.28. The van der Waals surface area contributed by atoms with Crippen molar-refractivity contribution in [2.45, 2.75) is 38.6 Å². The topological polar surface area (TPSA) is 52.3 Å². The first-order valence-electron chi connectivity index (χ1n) is 4.65. The zero-order valence-electron chi connectivity index (χ0n) is 7.58. The van der Waals surface area contributed by atoms with Crippen LogP contribution in [0.3, 0.4) is 0 Å². The van der Waals surface area contributed by atoms with Crippen LogP contribution in [-0.4, -0.2) is 18.6 Å². The number of carbonyl (C=O) groups excluding carboxylic acids is 1. The normalized spacial score (nSPS) is 18.8. The van der Waals surface area contributed by atoms with Crippen molar-refractivity contribution in [3.05, 3.63) is 0 Å². The van der Waals surface area contributed by atoms with Gasteiger partial charge in [-0.1, -0.05) is 0 Å². The van der Waals surface area contributed by atoms with Crippen LogP contribution in [0.2, 0.25) is 0 Å². The summed E-state index contributed by atoms with van der Waals surface area (Å²) >= 11 is 0. The Morgan fingerprint density at radius 3 is 2.83 bits per heavy atom. The van der Waals surface area contributed by atoms with Gasteiger partial charge in [-0.05, 0) is 32.1 Å². The summed E-state index contributed by atoms with van der Waals surface area (Å²) in [6, 6.07) is 0.217. The lowest BCUT2D eigenvalue weighted by molar-refractivity contribution is -0.143. The molecule has 1 rings (SSSR count). The van der Waals surface area contributed by atoms with Gasteiger partial charge >= 0.3 is 5.97 Å². The Labute approximate surface area is 73.3 Å². The molecule has 1 atom stereocenters. The summed E-state index contributed by atoms with van der Waals surface area (Å²) in [6.07, 6.45) is 3.74. The molecule has 2 N–H and O–H groups in total. The molecular weight excluding hydrogens is 154 g/mol. The monoisotopic (exact) mass is 171 g/mol. The van der Waals surface area contributed by atoms with Crippen LogP contribution in [0.5, 0.6) is 0 Å². The number of nitrogens with two attached hydrogens (primary N) is 1. The van der Waals surface area contributed by atoms with Gasteiger partial charge in [-0.3, -0.25) is 4.79 Å². The van der Waals surface area contributed by atoms with Gasteiger partial charge in [-0.25, -0.2) is 0 Å². The van der Waals surface area contributed by atoms with E-state index < -0.39 is 0 Å². The Hall–Kier alpha value is -0.570. The molecule has 1 unspecified atom stereocenters. The quantitative estimate of drug-likeness (QED) is 0.629. The SMILES string of the molecule is CCOC(=O)CCC(N)C1CC1. The van der Waals surface area contributed by atoms with Gasteiger partial charge in [0, 0.05) is 12.5 Å². The molecule has 70 valence electrons. The first kappa shape index (κ1) is 9.52. The van der Waals surface area contributed by atoms with E-state index in [9.17, 15) is 4.79 Å². The Morgan fingerprint density at radius 2 is 2.33 bits per heavy atom. The van der Waals surface area contributed by atoms with E-state index in [2.05, 4.69) is 0 Å². The smallest absolute Gasteiger partial charge is 0.305 e. The van der Waals surface area contributed by atoms with Gasteiger partial charge in [0.15, 0.2) is 0 Å². The first-order valence-corrected chi connectivity index (χ1v) is 4.65. The fourth-order valence-corrected chi connectivity index (χ4v) is 1.28. The lowest BCUT2D eigenvalue weighted by Crippen LogP contribution is -2.23. The van der Waals surface area contributed by atoms with Crippen LogP contribution in [0.25, 0.3) is 0 Å². The third kappa shape index (κ3) is 3.22. The number of hydrogen-bond acceptors (Lipinski definition) is 3. The Bertz CT molecular complexity index is 155. The Balaban J connectivity index is 2.03. The molecule has 3 nitrogen and oxygen atoms in total. The van der Waals surface area contributed by atoms with Gasteiger partial charge in [-0.2, -0.15) is 0 Å². The van der Waals surface area contributed by atoms with E-state index >= 15 is 0 Å². The molecule has 0 radical (unpaired) electrons. The third-order valence-corrected chi connectivity index (χ3v) is 2.21. The van der Waals surface area contributed by atoms with Gasteiger partial charge in [0.05, 0.1) is 6.61 Å². The molecule has 0 aromatic rings. The predicted molar refractivity (Wildman–Crippen MR) is 46.6 cm³/mol. The average molecular weight is 171 g/mol. The molecule has 0 aromatic carbocycles. The molecule has 0 aromatic heterocycles. The fraction of sp³-hybridized carbons (Fsp3) is 0.889. The molecule has 0 amide bonds. The maximum atomic E-state index is 10.9. The van der Waals surface area contributed by atoms with Crippen molar-refractivity contribution in [1.29, 1.82) is 0 Å². The molecule has 0 spiro atoms. The number of esters is 1. The molecule has 0 saturated heterocycles. The Kier molecular flexibility index (Phi) is 3.53. The van der Waals surface area contributed by atoms with Gasteiger partial charge in [0.1, 0.15) is 0 Å². The zero-order valence-corrected chi connectivity index (χ0v) is 7.58. The predicted octanol–water partition coefficient (Wildman–Crippen LogP) is 1.07. The minimum Gasteiger partial charge on any atom is -0.466 e. The number of rotatable bonds is 5. The van der Waals surface area contributed by atoms with E-state index in [1.165, 1.54) is 12.8 Å². The molecule has 1 saturated carbocycles. The molecule has 12 heavy (non-hydrogen) atoms. The zero-order chi connectivity index (χ0) is 8.97. The van der Waals surface area contributed by atoms with E-state index in [0.29, 0.717) is 18.9 Å². The molecule has 1 aliphatic carbocycles. The average Bonchev–Trinajstić information content (AvgIpc) is 2.83. The van der Waals surface area contributed by atoms with Gasteiger partial charge in [-0.15, -0.1) is 0 Å². The number of ether oxygens (including phenoxy) is 1. The molecule has 0 aliphatic heterocycles. The largest absolute Gasteiger partial charge is 0.466 e. The molecule has 0 bridgehead atoms. The minimum absolute atomic E-state index is 0.117. The molecule has 3 heteroatoms. The van der Waals surface area contributed by atoms with Crippen LogP contribution in [0, 0.1) is 5.92 Å². The molecule has 1 fully saturated rings. The molecule has 1 aliphatic rings. The van der Waals surface area contributed by atoms with Crippen LogP contribution in [0.1, 0.15) is 32.6 Å². The van der Waals surface area contributed by atoms with Gasteiger partial charge < -0.3 is 10.5 Å². The van der Waals surface area contributed by atoms with E-state index in [-0.39, 0.29) is 12.0 Å². The van der Waals surface area contributed by atoms with Crippen molar-refractivity contribution in [3.63, 3.8) is 0 Å². The number of carbonyl (C=O) groups is 1. The van der Waals surface area contributed by atoms with E-state index in [1.807, 2.05) is 6.92 Å². The molecular formula is C9H17NO2. The summed E-state index contributed by atoms with van der Waals surface area (Å²) in [6.45, 7) is 2.29. The highest BCUT2D eigenvalue weighted by molar-refractivity contribution is 5.69. The van der Waals surface area contributed by atoms with Crippen LogP contribution in [0.4, 0.5) is 0 Å². The van der Waals surface area contributed by atoms with E-state index in [0.717, 1.165) is 6.42 Å². The van der Waals surface area contributed by atoms with Crippen molar-refractivity contribution in [1.82, 2.24) is 0 Å². The van der Waals surface area contributed by atoms with Crippen molar-refractivity contribution in [2.75, 3.05) is 6.61 Å². The molecule has 0 heterocycles. The van der Waals surface area contributed by atoms with Crippen molar-refractivity contribution in [3.8, 4) is 0 Å². The van der Waals surface area contributed by atoms with Crippen LogP contribution < -0.4 is 5.73 Å². The summed E-state index contributed by atoms with van der Waals surface area (Å²) in [5, 5.41) is 0. The Morgan fingerprint density at radius 1 is 1.67 bits per heavy atom. The summed E-state index contributed by atoms with van der Waals surface area (Å²) in [7, 11) is 0. The first-order chi connectivity index (χ1) is 5.74. The maximum absolute atomic E-state index is 10.9. The van der Waals surface area contributed by atoms with Gasteiger partial charge in [0.25, 0.3) is 0 Å². The highest BCUT2D eigenvalue weighted by Crippen LogP contribution is 2.33. The highest BCUT2D eigenvalue weighted by Gasteiger charge is 2.28.